The van der Waals surface area contributed by atoms with Crippen LogP contribution in [0, 0.1) is 0 Å². The molecule has 4 N–H and O–H groups in total. The zero-order valence-corrected chi connectivity index (χ0v) is 11.8. The third-order valence-corrected chi connectivity index (χ3v) is 3.67. The van der Waals surface area contributed by atoms with Crippen molar-refractivity contribution in [2.45, 2.75) is 0 Å². The van der Waals surface area contributed by atoms with Gasteiger partial charge in [0.05, 0.1) is 28.2 Å². The first kappa shape index (κ1) is 14.5. The lowest BCUT2D eigenvalue weighted by atomic mass is 9.82. The van der Waals surface area contributed by atoms with Gasteiger partial charge < -0.3 is 16.4 Å². The number of anilines is 3. The van der Waals surface area contributed by atoms with E-state index in [1.807, 2.05) is 0 Å². The van der Waals surface area contributed by atoms with Crippen LogP contribution in [0.4, 0.5) is 17.1 Å². The van der Waals surface area contributed by atoms with E-state index in [9.17, 15) is 19.2 Å². The monoisotopic (exact) mass is 309 g/mol. The van der Waals surface area contributed by atoms with E-state index in [1.54, 1.807) is 12.1 Å². The molecule has 0 saturated carbocycles. The van der Waals surface area contributed by atoms with Crippen molar-refractivity contribution in [1.29, 1.82) is 0 Å². The number of fused-ring (bicyclic) bond motifs is 2. The van der Waals surface area contributed by atoms with Crippen LogP contribution in [0.15, 0.2) is 30.3 Å². The number of rotatable bonds is 4. The minimum atomic E-state index is -0.434. The average Bonchev–Trinajstić information content (AvgIpc) is 2.56. The lowest BCUT2D eigenvalue weighted by molar-refractivity contribution is -0.106. The van der Waals surface area contributed by atoms with Crippen LogP contribution in [-0.2, 0) is 9.59 Å². The van der Waals surface area contributed by atoms with E-state index in [1.165, 1.54) is 18.2 Å². The van der Waals surface area contributed by atoms with E-state index in [2.05, 4.69) is 10.6 Å². The highest BCUT2D eigenvalue weighted by molar-refractivity contribution is 6.32. The summed E-state index contributed by atoms with van der Waals surface area (Å²) in [6.45, 7) is 0. The highest BCUT2D eigenvalue weighted by Crippen LogP contribution is 2.39. The van der Waals surface area contributed by atoms with Gasteiger partial charge >= 0.3 is 0 Å². The van der Waals surface area contributed by atoms with E-state index in [0.717, 1.165) is 0 Å². The summed E-state index contributed by atoms with van der Waals surface area (Å²) in [5.41, 5.74) is 6.67. The third kappa shape index (κ3) is 2.06. The van der Waals surface area contributed by atoms with Gasteiger partial charge in [-0.15, -0.1) is 0 Å². The second-order valence-corrected chi connectivity index (χ2v) is 4.86. The molecular formula is C16H11N3O4. The van der Waals surface area contributed by atoms with Crippen LogP contribution in [0.3, 0.4) is 0 Å². The number of nitrogen functional groups attached to an aromatic ring is 1. The van der Waals surface area contributed by atoms with Crippen LogP contribution in [0.25, 0.3) is 0 Å². The normalized spacial score (nSPS) is 12.2. The quantitative estimate of drug-likeness (QED) is 0.494. The number of nitrogens with two attached hydrogens (primary N) is 1. The summed E-state index contributed by atoms with van der Waals surface area (Å²) >= 11 is 0. The maximum absolute atomic E-state index is 12.7. The fourth-order valence-corrected chi connectivity index (χ4v) is 2.68. The number of nitrogens with one attached hydrogen (secondary N) is 2. The molecule has 0 bridgehead atoms. The summed E-state index contributed by atoms with van der Waals surface area (Å²) in [6, 6.07) is 7.70. The molecular weight excluding hydrogens is 298 g/mol. The van der Waals surface area contributed by atoms with E-state index in [0.29, 0.717) is 12.8 Å². The minimum Gasteiger partial charge on any atom is -0.396 e. The summed E-state index contributed by atoms with van der Waals surface area (Å²) in [4.78, 5) is 47.0. The van der Waals surface area contributed by atoms with Crippen LogP contribution in [0.5, 0.6) is 0 Å². The molecule has 2 amide bonds. The number of carbonyl (C=O) groups excluding carboxylic acids is 4. The molecule has 0 radical (unpaired) electrons. The Labute approximate surface area is 130 Å². The molecule has 0 spiro atoms. The zero-order chi connectivity index (χ0) is 16.6. The lowest BCUT2D eigenvalue weighted by Crippen LogP contribution is -2.24. The smallest absolute Gasteiger partial charge is 0.211 e. The molecule has 2 aromatic rings. The molecule has 0 fully saturated rings. The van der Waals surface area contributed by atoms with Crippen LogP contribution >= 0.6 is 0 Å². The number of amides is 2. The second kappa shape index (κ2) is 5.38. The number of hydrogen-bond donors (Lipinski definition) is 3. The van der Waals surface area contributed by atoms with Gasteiger partial charge in [0.2, 0.25) is 12.8 Å². The van der Waals surface area contributed by atoms with Gasteiger partial charge in [0, 0.05) is 11.1 Å². The number of hydrogen-bond acceptors (Lipinski definition) is 5. The molecule has 1 aliphatic rings. The van der Waals surface area contributed by atoms with Gasteiger partial charge in [-0.1, -0.05) is 24.3 Å². The van der Waals surface area contributed by atoms with Crippen molar-refractivity contribution in [1.82, 2.24) is 0 Å². The summed E-state index contributed by atoms with van der Waals surface area (Å²) in [7, 11) is 0. The Morgan fingerprint density at radius 1 is 0.826 bits per heavy atom. The van der Waals surface area contributed by atoms with Gasteiger partial charge in [0.25, 0.3) is 0 Å². The molecule has 3 rings (SSSR count). The fourth-order valence-electron chi connectivity index (χ4n) is 2.68. The molecule has 0 aliphatic heterocycles. The van der Waals surface area contributed by atoms with Gasteiger partial charge in [-0.25, -0.2) is 0 Å². The fraction of sp³-hybridized carbons (Fsp3) is 0. The standard InChI is InChI=1S/C16H11N3O4/c17-14-11(19-7-21)5-10(18-6-20)12-13(14)16(23)9-4-2-1-3-8(9)15(12)22/h1-7H,17H2,(H,18,20)(H,19,21). The third-order valence-electron chi connectivity index (χ3n) is 3.67. The zero-order valence-electron chi connectivity index (χ0n) is 11.8. The molecule has 0 saturated heterocycles. The molecule has 2 aromatic carbocycles. The van der Waals surface area contributed by atoms with Crippen molar-refractivity contribution in [2.24, 2.45) is 0 Å². The van der Waals surface area contributed by atoms with E-state index in [4.69, 9.17) is 5.73 Å². The van der Waals surface area contributed by atoms with Gasteiger partial charge in [-0.05, 0) is 6.07 Å². The molecule has 0 heterocycles. The van der Waals surface area contributed by atoms with Gasteiger partial charge in [-0.3, -0.25) is 19.2 Å². The molecule has 0 unspecified atom stereocenters. The Balaban J connectivity index is 2.36. The molecule has 7 heteroatoms. The van der Waals surface area contributed by atoms with Crippen molar-refractivity contribution in [2.75, 3.05) is 16.4 Å². The largest absolute Gasteiger partial charge is 0.396 e. The molecule has 114 valence electrons. The summed E-state index contributed by atoms with van der Waals surface area (Å²) in [6.07, 6.45) is 0.778. The summed E-state index contributed by atoms with van der Waals surface area (Å²) in [5.74, 6) is -0.847. The predicted molar refractivity (Wildman–Crippen MR) is 83.5 cm³/mol. The summed E-state index contributed by atoms with van der Waals surface area (Å²) < 4.78 is 0. The van der Waals surface area contributed by atoms with E-state index < -0.39 is 11.6 Å². The molecule has 7 nitrogen and oxygen atoms in total. The first-order valence-electron chi connectivity index (χ1n) is 6.65. The first-order valence-corrected chi connectivity index (χ1v) is 6.65. The van der Waals surface area contributed by atoms with Gasteiger partial charge in [-0.2, -0.15) is 0 Å². The first-order chi connectivity index (χ1) is 11.1. The highest BCUT2D eigenvalue weighted by Gasteiger charge is 2.34. The Morgan fingerprint density at radius 2 is 1.35 bits per heavy atom. The lowest BCUT2D eigenvalue weighted by Gasteiger charge is -2.22. The van der Waals surface area contributed by atoms with E-state index in [-0.39, 0.29) is 39.3 Å². The predicted octanol–water partition coefficient (Wildman–Crippen LogP) is 1.18. The van der Waals surface area contributed by atoms with Crippen LogP contribution < -0.4 is 16.4 Å². The Morgan fingerprint density at radius 3 is 1.91 bits per heavy atom. The Bertz CT molecular complexity index is 874. The van der Waals surface area contributed by atoms with Crippen molar-refractivity contribution in [3.63, 3.8) is 0 Å². The van der Waals surface area contributed by atoms with Crippen LogP contribution in [0.2, 0.25) is 0 Å². The topological polar surface area (TPSA) is 118 Å². The molecule has 1 aliphatic carbocycles. The highest BCUT2D eigenvalue weighted by atomic mass is 16.1. The average molecular weight is 309 g/mol. The van der Waals surface area contributed by atoms with E-state index >= 15 is 0 Å². The second-order valence-electron chi connectivity index (χ2n) is 4.86. The number of ketones is 2. The summed E-state index contributed by atoms with van der Waals surface area (Å²) in [5, 5.41) is 4.74. The number of carbonyl (C=O) groups is 4. The van der Waals surface area contributed by atoms with Gasteiger partial charge in [0.1, 0.15) is 0 Å². The van der Waals surface area contributed by atoms with Crippen molar-refractivity contribution < 1.29 is 19.2 Å². The maximum atomic E-state index is 12.7. The van der Waals surface area contributed by atoms with Gasteiger partial charge in [0.15, 0.2) is 11.6 Å². The molecule has 0 aromatic heterocycles. The Kier molecular flexibility index (Phi) is 3.38. The minimum absolute atomic E-state index is 0.0172. The molecule has 23 heavy (non-hydrogen) atoms. The number of benzene rings is 2. The van der Waals surface area contributed by atoms with Crippen molar-refractivity contribution >= 4 is 41.4 Å². The maximum Gasteiger partial charge on any atom is 0.211 e. The molecule has 0 atom stereocenters. The van der Waals surface area contributed by atoms with Crippen LogP contribution in [0.1, 0.15) is 31.8 Å². The Hall–Kier alpha value is -3.48. The van der Waals surface area contributed by atoms with Crippen molar-refractivity contribution in [3.05, 3.63) is 52.6 Å². The SMILES string of the molecule is Nc1c(NC=O)cc(NC=O)c2c1C(=O)c1ccccc1C2=O. The van der Waals surface area contributed by atoms with Crippen LogP contribution in [-0.4, -0.2) is 24.4 Å². The van der Waals surface area contributed by atoms with Crippen molar-refractivity contribution in [3.8, 4) is 0 Å².